The van der Waals surface area contributed by atoms with Crippen molar-refractivity contribution in [3.63, 3.8) is 0 Å². The van der Waals surface area contributed by atoms with Gasteiger partial charge in [-0.1, -0.05) is 43.7 Å². The Hall–Kier alpha value is -2.68. The van der Waals surface area contributed by atoms with Crippen LogP contribution in [0.1, 0.15) is 62.1 Å². The zero-order valence-corrected chi connectivity index (χ0v) is 22.4. The fourth-order valence-corrected chi connectivity index (χ4v) is 5.62. The van der Waals surface area contributed by atoms with Gasteiger partial charge in [-0.3, -0.25) is 23.9 Å². The Kier molecular flexibility index (Phi) is 10.1. The molecule has 1 aromatic rings. The second kappa shape index (κ2) is 13.0. The third-order valence-corrected chi connectivity index (χ3v) is 7.69. The lowest BCUT2D eigenvalue weighted by atomic mass is 10.0. The number of nitrogens with zero attached hydrogens (tertiary/aromatic N) is 4. The molecule has 9 nitrogen and oxygen atoms in total. The fraction of sp³-hybridized carbons (Fsp3) is 0.560. The maximum Gasteiger partial charge on any atom is 0.303 e. The highest BCUT2D eigenvalue weighted by atomic mass is 32.2. The summed E-state index contributed by atoms with van der Waals surface area (Å²) in [4.78, 5) is 41.4. The van der Waals surface area contributed by atoms with E-state index in [0.717, 1.165) is 12.8 Å². The zero-order chi connectivity index (χ0) is 26.2. The summed E-state index contributed by atoms with van der Waals surface area (Å²) in [5.74, 6) is -0.320. The van der Waals surface area contributed by atoms with E-state index in [-0.39, 0.29) is 23.5 Å². The third kappa shape index (κ3) is 6.35. The first-order chi connectivity index (χ1) is 17.3. The van der Waals surface area contributed by atoms with E-state index in [4.69, 9.17) is 22.1 Å². The minimum atomic E-state index is -0.827. The summed E-state index contributed by atoms with van der Waals surface area (Å²) in [5, 5.41) is 18.6. The Balaban J connectivity index is 1.99. The van der Waals surface area contributed by atoms with Crippen LogP contribution in [-0.4, -0.2) is 63.6 Å². The van der Waals surface area contributed by atoms with Gasteiger partial charge in [0.25, 0.3) is 11.5 Å². The molecule has 2 aliphatic heterocycles. The third-order valence-electron chi connectivity index (χ3n) is 6.31. The van der Waals surface area contributed by atoms with Gasteiger partial charge in [0, 0.05) is 38.2 Å². The first kappa shape index (κ1) is 27.9. The van der Waals surface area contributed by atoms with Crippen molar-refractivity contribution in [1.29, 1.82) is 5.26 Å². The van der Waals surface area contributed by atoms with Crippen molar-refractivity contribution in [3.8, 4) is 6.07 Å². The van der Waals surface area contributed by atoms with Gasteiger partial charge >= 0.3 is 5.97 Å². The molecular formula is C25H32N4O5S2. The molecule has 0 radical (unpaired) electrons. The molecule has 0 aliphatic carbocycles. The standard InChI is InChI=1S/C25H32N4O5S2/c1-3-4-9-28-22(27-11-13-34-14-12-27)18(17(2)19(16-26)23(28)32)15-20-24(33)29(25(35)36-20)10-7-5-6-8-21(30)31/h15H,3-14H2,1-2H3,(H,30,31)/b20-15-. The molecule has 36 heavy (non-hydrogen) atoms. The molecular weight excluding hydrogens is 500 g/mol. The predicted octanol–water partition coefficient (Wildman–Crippen LogP) is 3.51. The van der Waals surface area contributed by atoms with Crippen molar-refractivity contribution in [2.45, 2.75) is 58.9 Å². The topological polar surface area (TPSA) is 116 Å². The number of amides is 1. The number of aliphatic carboxylic acids is 1. The molecule has 3 heterocycles. The molecule has 3 rings (SSSR count). The highest BCUT2D eigenvalue weighted by molar-refractivity contribution is 8.26. The highest BCUT2D eigenvalue weighted by Gasteiger charge is 2.33. The smallest absolute Gasteiger partial charge is 0.303 e. The summed E-state index contributed by atoms with van der Waals surface area (Å²) in [6.07, 6.45) is 5.46. The van der Waals surface area contributed by atoms with Gasteiger partial charge in [0.1, 0.15) is 21.8 Å². The zero-order valence-electron chi connectivity index (χ0n) is 20.7. The molecule has 2 aliphatic rings. The average molecular weight is 533 g/mol. The lowest BCUT2D eigenvalue weighted by Crippen LogP contribution is -2.41. The monoisotopic (exact) mass is 532 g/mol. The lowest BCUT2D eigenvalue weighted by Gasteiger charge is -2.33. The largest absolute Gasteiger partial charge is 0.481 e. The first-order valence-electron chi connectivity index (χ1n) is 12.3. The summed E-state index contributed by atoms with van der Waals surface area (Å²) in [5.41, 5.74) is 1.01. The van der Waals surface area contributed by atoms with Crippen LogP contribution < -0.4 is 10.5 Å². The number of thioether (sulfide) groups is 1. The van der Waals surface area contributed by atoms with Crippen LogP contribution in [0.2, 0.25) is 0 Å². The predicted molar refractivity (Wildman–Crippen MR) is 144 cm³/mol. The number of carboxylic acids is 1. The van der Waals surface area contributed by atoms with Crippen LogP contribution in [-0.2, 0) is 20.9 Å². The van der Waals surface area contributed by atoms with Gasteiger partial charge in [0.15, 0.2) is 0 Å². The van der Waals surface area contributed by atoms with E-state index in [1.54, 1.807) is 22.5 Å². The van der Waals surface area contributed by atoms with E-state index in [9.17, 15) is 19.6 Å². The van der Waals surface area contributed by atoms with Crippen molar-refractivity contribution >= 4 is 52.1 Å². The lowest BCUT2D eigenvalue weighted by molar-refractivity contribution is -0.137. The van der Waals surface area contributed by atoms with Crippen molar-refractivity contribution in [2.75, 3.05) is 37.7 Å². The highest BCUT2D eigenvalue weighted by Crippen LogP contribution is 2.36. The van der Waals surface area contributed by atoms with Crippen LogP contribution in [0.25, 0.3) is 6.08 Å². The SMILES string of the molecule is CCCCn1c(N2CCOCC2)c(/C=C2\SC(=S)N(CCCCCC(=O)O)C2=O)c(C)c(C#N)c1=O. The molecule has 0 unspecified atom stereocenters. The number of pyridine rings is 1. The van der Waals surface area contributed by atoms with Gasteiger partial charge in [0.2, 0.25) is 0 Å². The Morgan fingerprint density at radius 3 is 2.56 bits per heavy atom. The number of hydrogen-bond donors (Lipinski definition) is 1. The van der Waals surface area contributed by atoms with Gasteiger partial charge in [0.05, 0.1) is 18.1 Å². The van der Waals surface area contributed by atoms with E-state index < -0.39 is 5.97 Å². The Bertz CT molecular complexity index is 1150. The molecule has 2 fully saturated rings. The molecule has 0 spiro atoms. The van der Waals surface area contributed by atoms with Crippen molar-refractivity contribution < 1.29 is 19.4 Å². The van der Waals surface area contributed by atoms with Crippen LogP contribution in [0.3, 0.4) is 0 Å². The van der Waals surface area contributed by atoms with Gasteiger partial charge in [-0.15, -0.1) is 0 Å². The number of thiocarbonyl (C=S) groups is 1. The number of anilines is 1. The molecule has 0 atom stereocenters. The Labute approximate surface area is 220 Å². The summed E-state index contributed by atoms with van der Waals surface area (Å²) in [7, 11) is 0. The second-order valence-corrected chi connectivity index (χ2v) is 10.5. The van der Waals surface area contributed by atoms with Crippen LogP contribution in [0.4, 0.5) is 5.82 Å². The van der Waals surface area contributed by atoms with Crippen molar-refractivity contribution in [3.05, 3.63) is 31.9 Å². The summed E-state index contributed by atoms with van der Waals surface area (Å²) >= 11 is 6.68. The summed E-state index contributed by atoms with van der Waals surface area (Å²) < 4.78 is 7.65. The maximum atomic E-state index is 13.3. The van der Waals surface area contributed by atoms with Crippen LogP contribution >= 0.6 is 24.0 Å². The van der Waals surface area contributed by atoms with Crippen LogP contribution in [0, 0.1) is 18.3 Å². The second-order valence-electron chi connectivity index (χ2n) is 8.80. The van der Waals surface area contributed by atoms with Crippen LogP contribution in [0.5, 0.6) is 0 Å². The number of ether oxygens (including phenoxy) is 1. The van der Waals surface area contributed by atoms with Crippen molar-refractivity contribution in [1.82, 2.24) is 9.47 Å². The molecule has 0 aromatic carbocycles. The average Bonchev–Trinajstić information content (AvgIpc) is 3.12. The number of nitriles is 1. The number of carbonyl (C=O) groups is 2. The normalized spacial score (nSPS) is 17.2. The molecule has 0 bridgehead atoms. The summed E-state index contributed by atoms with van der Waals surface area (Å²) in [6, 6.07) is 2.08. The van der Waals surface area contributed by atoms with E-state index >= 15 is 0 Å². The number of carboxylic acid groups (broad SMARTS) is 1. The van der Waals surface area contributed by atoms with E-state index in [1.807, 2.05) is 6.92 Å². The number of carbonyl (C=O) groups excluding carboxylic acids is 1. The number of unbranched alkanes of at least 4 members (excludes halogenated alkanes) is 3. The molecule has 2 saturated heterocycles. The quantitative estimate of drug-likeness (QED) is 0.260. The molecule has 1 N–H and O–H groups in total. The van der Waals surface area contributed by atoms with Gasteiger partial charge in [-0.25, -0.2) is 0 Å². The molecule has 1 aromatic heterocycles. The van der Waals surface area contributed by atoms with E-state index in [2.05, 4.69) is 11.0 Å². The molecule has 11 heteroatoms. The fourth-order valence-electron chi connectivity index (χ4n) is 4.33. The molecule has 0 saturated carbocycles. The van der Waals surface area contributed by atoms with E-state index in [0.29, 0.717) is 84.8 Å². The molecule has 1 amide bonds. The minimum absolute atomic E-state index is 0.0864. The van der Waals surface area contributed by atoms with Crippen molar-refractivity contribution in [2.24, 2.45) is 0 Å². The van der Waals surface area contributed by atoms with Gasteiger partial charge in [-0.05, 0) is 37.8 Å². The first-order valence-corrected chi connectivity index (χ1v) is 13.5. The number of aromatic nitrogens is 1. The number of rotatable bonds is 11. The van der Waals surface area contributed by atoms with Gasteiger partial charge in [-0.2, -0.15) is 5.26 Å². The van der Waals surface area contributed by atoms with Gasteiger partial charge < -0.3 is 14.7 Å². The Morgan fingerprint density at radius 1 is 1.19 bits per heavy atom. The van der Waals surface area contributed by atoms with E-state index in [1.165, 1.54) is 11.8 Å². The van der Waals surface area contributed by atoms with Crippen LogP contribution in [0.15, 0.2) is 9.70 Å². The Morgan fingerprint density at radius 2 is 1.92 bits per heavy atom. The number of hydrogen-bond acceptors (Lipinski definition) is 8. The molecule has 194 valence electrons. The maximum absolute atomic E-state index is 13.3. The summed E-state index contributed by atoms with van der Waals surface area (Å²) in [6.45, 7) is 6.99. The number of morpholine rings is 1. The minimum Gasteiger partial charge on any atom is -0.481 e.